The van der Waals surface area contributed by atoms with Gasteiger partial charge in [0.05, 0.1) is 0 Å². The summed E-state index contributed by atoms with van der Waals surface area (Å²) in [7, 11) is 0. The Labute approximate surface area is 112 Å². The zero-order valence-electron chi connectivity index (χ0n) is 9.39. The van der Waals surface area contributed by atoms with Crippen molar-refractivity contribution < 1.29 is 36.6 Å². The molecule has 82 valence electrons. The second-order valence-corrected chi connectivity index (χ2v) is 4.97. The van der Waals surface area contributed by atoms with Crippen molar-refractivity contribution in [1.29, 1.82) is 0 Å². The van der Waals surface area contributed by atoms with E-state index in [1.165, 1.54) is 32.1 Å². The standard InChI is InChI=1S/C12H22.H2O.U/c1-10-6-5-8-11-7-3-2-4-9-12(10)11;;/h10-12H,2-9H2,1H3;1H2;. The minimum Gasteiger partial charge on any atom is -0.412 e. The summed E-state index contributed by atoms with van der Waals surface area (Å²) in [5.41, 5.74) is 0. The largest absolute Gasteiger partial charge is 0.412 e. The fourth-order valence-corrected chi connectivity index (χ4v) is 3.44. The van der Waals surface area contributed by atoms with E-state index in [9.17, 15) is 0 Å². The Morgan fingerprint density at radius 1 is 0.786 bits per heavy atom. The molecule has 0 heterocycles. The van der Waals surface area contributed by atoms with Gasteiger partial charge in [0.25, 0.3) is 0 Å². The topological polar surface area (TPSA) is 31.5 Å². The Morgan fingerprint density at radius 3 is 2.21 bits per heavy atom. The van der Waals surface area contributed by atoms with Gasteiger partial charge in [-0.15, -0.1) is 0 Å². The minimum atomic E-state index is 0. The first-order chi connectivity index (χ1) is 5.88. The van der Waals surface area contributed by atoms with Gasteiger partial charge in [-0.05, 0) is 24.2 Å². The molecular weight excluding hydrogens is 398 g/mol. The van der Waals surface area contributed by atoms with E-state index in [1.54, 1.807) is 19.3 Å². The van der Waals surface area contributed by atoms with Gasteiger partial charge < -0.3 is 5.48 Å². The van der Waals surface area contributed by atoms with Crippen LogP contribution >= 0.6 is 0 Å². The predicted molar refractivity (Wildman–Crippen MR) is 56.7 cm³/mol. The van der Waals surface area contributed by atoms with Crippen molar-refractivity contribution in [1.82, 2.24) is 0 Å². The molecule has 0 amide bonds. The van der Waals surface area contributed by atoms with E-state index >= 15 is 0 Å². The van der Waals surface area contributed by atoms with Crippen LogP contribution in [0.5, 0.6) is 0 Å². The van der Waals surface area contributed by atoms with Gasteiger partial charge in [0.15, 0.2) is 0 Å². The van der Waals surface area contributed by atoms with Crippen LogP contribution in [-0.2, 0) is 0 Å². The Morgan fingerprint density at radius 2 is 1.43 bits per heavy atom. The molecule has 3 unspecified atom stereocenters. The summed E-state index contributed by atoms with van der Waals surface area (Å²) in [4.78, 5) is 0. The molecule has 2 N–H and O–H groups in total. The molecule has 3 atom stereocenters. The molecule has 0 aromatic rings. The molecule has 2 aliphatic rings. The summed E-state index contributed by atoms with van der Waals surface area (Å²) in [5.74, 6) is 3.28. The maximum absolute atomic E-state index is 2.49. The molecule has 0 aliphatic heterocycles. The summed E-state index contributed by atoms with van der Waals surface area (Å²) < 4.78 is 0. The molecule has 14 heavy (non-hydrogen) atoms. The van der Waals surface area contributed by atoms with E-state index in [1.807, 2.05) is 0 Å². The molecule has 2 fully saturated rings. The number of hydrogen-bond donors (Lipinski definition) is 0. The molecule has 2 aliphatic carbocycles. The average molecular weight is 422 g/mol. The molecular formula is C12H24OU. The van der Waals surface area contributed by atoms with E-state index in [0.29, 0.717) is 0 Å². The van der Waals surface area contributed by atoms with E-state index in [-0.39, 0.29) is 36.6 Å². The van der Waals surface area contributed by atoms with Gasteiger partial charge in [-0.2, -0.15) is 0 Å². The second-order valence-electron chi connectivity index (χ2n) is 4.97. The van der Waals surface area contributed by atoms with Crippen molar-refractivity contribution in [3.63, 3.8) is 0 Å². The van der Waals surface area contributed by atoms with Gasteiger partial charge in [0, 0.05) is 31.1 Å². The van der Waals surface area contributed by atoms with Crippen molar-refractivity contribution >= 4 is 0 Å². The summed E-state index contributed by atoms with van der Waals surface area (Å²) in [6.07, 6.45) is 12.2. The van der Waals surface area contributed by atoms with E-state index < -0.39 is 0 Å². The van der Waals surface area contributed by atoms with Gasteiger partial charge in [0.2, 0.25) is 0 Å². The van der Waals surface area contributed by atoms with Crippen LogP contribution in [0.3, 0.4) is 0 Å². The molecule has 2 heteroatoms. The molecule has 2 saturated carbocycles. The zero-order valence-corrected chi connectivity index (χ0v) is 13.6. The summed E-state index contributed by atoms with van der Waals surface area (Å²) in [6.45, 7) is 2.49. The molecule has 0 radical (unpaired) electrons. The Balaban J connectivity index is 0.000000845. The van der Waals surface area contributed by atoms with Crippen LogP contribution in [0.25, 0.3) is 0 Å². The summed E-state index contributed by atoms with van der Waals surface area (Å²) >= 11 is 0. The Kier molecular flexibility index (Phi) is 7.84. The maximum Gasteiger partial charge on any atom is 0 e. The molecule has 0 saturated heterocycles. The van der Waals surface area contributed by atoms with Gasteiger partial charge in [-0.3, -0.25) is 0 Å². The molecule has 1 nitrogen and oxygen atoms in total. The zero-order chi connectivity index (χ0) is 8.39. The molecule has 0 bridgehead atoms. The SMILES string of the molecule is CC1CCCC2CCCCCC12.O.[U]. The third kappa shape index (κ3) is 3.55. The fraction of sp³-hybridized carbons (Fsp3) is 1.00. The van der Waals surface area contributed by atoms with Crippen LogP contribution < -0.4 is 0 Å². The van der Waals surface area contributed by atoms with Crippen LogP contribution in [0.4, 0.5) is 0 Å². The minimum absolute atomic E-state index is 0. The third-order valence-electron chi connectivity index (χ3n) is 4.18. The first kappa shape index (κ1) is 15.0. The van der Waals surface area contributed by atoms with Gasteiger partial charge in [0.1, 0.15) is 0 Å². The van der Waals surface area contributed by atoms with Gasteiger partial charge in [-0.1, -0.05) is 51.9 Å². The van der Waals surface area contributed by atoms with Gasteiger partial charge >= 0.3 is 0 Å². The summed E-state index contributed by atoms with van der Waals surface area (Å²) in [6, 6.07) is 0. The first-order valence-electron chi connectivity index (χ1n) is 5.88. The van der Waals surface area contributed by atoms with Crippen LogP contribution in [-0.4, -0.2) is 5.48 Å². The smallest absolute Gasteiger partial charge is 0 e. The summed E-state index contributed by atoms with van der Waals surface area (Å²) in [5, 5.41) is 0. The van der Waals surface area contributed by atoms with Crippen LogP contribution in [0.1, 0.15) is 58.3 Å². The van der Waals surface area contributed by atoms with Gasteiger partial charge in [-0.25, -0.2) is 0 Å². The fourth-order valence-electron chi connectivity index (χ4n) is 3.44. The van der Waals surface area contributed by atoms with Crippen LogP contribution in [0, 0.1) is 48.9 Å². The van der Waals surface area contributed by atoms with Crippen molar-refractivity contribution in [2.24, 2.45) is 17.8 Å². The van der Waals surface area contributed by atoms with Crippen molar-refractivity contribution in [3.05, 3.63) is 0 Å². The molecule has 0 aromatic carbocycles. The first-order valence-corrected chi connectivity index (χ1v) is 5.88. The maximum atomic E-state index is 2.49. The number of rotatable bonds is 0. The Hall–Kier alpha value is 1.01. The van der Waals surface area contributed by atoms with Crippen LogP contribution in [0.15, 0.2) is 0 Å². The van der Waals surface area contributed by atoms with Crippen molar-refractivity contribution in [2.45, 2.75) is 58.3 Å². The van der Waals surface area contributed by atoms with E-state index in [2.05, 4.69) is 6.92 Å². The third-order valence-corrected chi connectivity index (χ3v) is 4.18. The second kappa shape index (κ2) is 7.31. The number of fused-ring (bicyclic) bond motifs is 1. The monoisotopic (exact) mass is 422 g/mol. The Bertz CT molecular complexity index is 149. The average Bonchev–Trinajstić information content (AvgIpc) is 2.30. The molecule has 0 aromatic heterocycles. The normalized spacial score (nSPS) is 37.1. The van der Waals surface area contributed by atoms with Crippen LogP contribution in [0.2, 0.25) is 0 Å². The predicted octanol–water partition coefficient (Wildman–Crippen LogP) is 3.18. The van der Waals surface area contributed by atoms with Crippen molar-refractivity contribution in [2.75, 3.05) is 0 Å². The van der Waals surface area contributed by atoms with E-state index in [4.69, 9.17) is 0 Å². The van der Waals surface area contributed by atoms with Crippen molar-refractivity contribution in [3.8, 4) is 0 Å². The molecule has 0 spiro atoms. The quantitative estimate of drug-likeness (QED) is 0.575. The van der Waals surface area contributed by atoms with E-state index in [0.717, 1.165) is 17.8 Å². The molecule has 2 rings (SSSR count). The number of hydrogen-bond acceptors (Lipinski definition) is 0.